The average Bonchev–Trinajstić information content (AvgIpc) is 3.32. The van der Waals surface area contributed by atoms with Crippen molar-refractivity contribution >= 4 is 34.1 Å². The summed E-state index contributed by atoms with van der Waals surface area (Å²) in [6, 6.07) is 13.0. The van der Waals surface area contributed by atoms with Crippen LogP contribution < -0.4 is 10.6 Å². The number of nitrogens with one attached hydrogen (secondary N) is 2. The molecule has 3 heterocycles. The molecule has 0 unspecified atom stereocenters. The normalized spacial score (nSPS) is 12.4. The summed E-state index contributed by atoms with van der Waals surface area (Å²) in [7, 11) is 0. The van der Waals surface area contributed by atoms with Crippen LogP contribution in [-0.4, -0.2) is 31.0 Å². The van der Waals surface area contributed by atoms with E-state index in [-0.39, 0.29) is 24.4 Å². The summed E-state index contributed by atoms with van der Waals surface area (Å²) >= 11 is 0. The summed E-state index contributed by atoms with van der Waals surface area (Å²) in [5.41, 5.74) is 2.37. The minimum absolute atomic E-state index is 0.110. The van der Waals surface area contributed by atoms with Gasteiger partial charge in [0, 0.05) is 24.7 Å². The van der Waals surface area contributed by atoms with Gasteiger partial charge >= 0.3 is 0 Å². The lowest BCUT2D eigenvalue weighted by Gasteiger charge is -2.19. The van der Waals surface area contributed by atoms with Crippen molar-refractivity contribution in [3.05, 3.63) is 60.7 Å². The molecule has 1 aromatic carbocycles. The Labute approximate surface area is 180 Å². The summed E-state index contributed by atoms with van der Waals surface area (Å²) < 4.78 is 3.79. The molecule has 4 aromatic rings. The van der Waals surface area contributed by atoms with Gasteiger partial charge in [-0.25, -0.2) is 0 Å². The Kier molecular flexibility index (Phi) is 5.70. The molecule has 0 aliphatic rings. The first-order valence-corrected chi connectivity index (χ1v) is 10.4. The molecule has 1 atom stereocenters. The second kappa shape index (κ2) is 8.59. The van der Waals surface area contributed by atoms with Gasteiger partial charge in [-0.1, -0.05) is 26.0 Å². The lowest BCUT2D eigenvalue weighted by Crippen LogP contribution is -2.33. The molecular formula is C23H26N6O2. The van der Waals surface area contributed by atoms with Crippen molar-refractivity contribution in [3.63, 3.8) is 0 Å². The van der Waals surface area contributed by atoms with Gasteiger partial charge in [0.2, 0.25) is 11.8 Å². The molecule has 4 rings (SSSR count). The number of carbonyl (C=O) groups excluding carboxylic acids is 2. The van der Waals surface area contributed by atoms with E-state index in [1.54, 1.807) is 0 Å². The molecule has 0 radical (unpaired) electrons. The molecule has 0 saturated carbocycles. The molecule has 160 valence electrons. The minimum Gasteiger partial charge on any atom is -0.344 e. The molecule has 0 aliphatic carbocycles. The maximum Gasteiger partial charge on any atom is 0.240 e. The van der Waals surface area contributed by atoms with Crippen LogP contribution in [0.3, 0.4) is 0 Å². The van der Waals surface area contributed by atoms with E-state index in [0.29, 0.717) is 5.92 Å². The number of benzene rings is 1. The maximum atomic E-state index is 13.0. The Morgan fingerprint density at radius 3 is 2.65 bits per heavy atom. The molecule has 31 heavy (non-hydrogen) atoms. The molecule has 0 saturated heterocycles. The Bertz CT molecular complexity index is 1240. The number of aromatic nitrogens is 4. The van der Waals surface area contributed by atoms with Gasteiger partial charge in [0.1, 0.15) is 6.54 Å². The zero-order chi connectivity index (χ0) is 22.0. The largest absolute Gasteiger partial charge is 0.344 e. The highest BCUT2D eigenvalue weighted by atomic mass is 16.2. The predicted octanol–water partition coefficient (Wildman–Crippen LogP) is 3.55. The Morgan fingerprint density at radius 1 is 1.03 bits per heavy atom. The predicted molar refractivity (Wildman–Crippen MR) is 120 cm³/mol. The van der Waals surface area contributed by atoms with Gasteiger partial charge in [0.05, 0.1) is 17.2 Å². The van der Waals surface area contributed by atoms with Gasteiger partial charge in [0.15, 0.2) is 11.5 Å². The molecule has 3 aromatic heterocycles. The smallest absolute Gasteiger partial charge is 0.240 e. The van der Waals surface area contributed by atoms with Gasteiger partial charge < -0.3 is 15.2 Å². The third kappa shape index (κ3) is 4.42. The quantitative estimate of drug-likeness (QED) is 0.480. The lowest BCUT2D eigenvalue weighted by molar-refractivity contribution is -0.122. The van der Waals surface area contributed by atoms with E-state index in [1.807, 2.05) is 63.8 Å². The summed E-state index contributed by atoms with van der Waals surface area (Å²) in [6.45, 7) is 5.88. The second-order valence-corrected chi connectivity index (χ2v) is 8.10. The van der Waals surface area contributed by atoms with Crippen LogP contribution in [0, 0.1) is 5.92 Å². The summed E-state index contributed by atoms with van der Waals surface area (Å²) in [5.74, 6) is 0.854. The first kappa shape index (κ1) is 20.6. The Morgan fingerprint density at radius 2 is 1.87 bits per heavy atom. The SMILES string of the molecule is CC(=O)Nc1cccc2c1ccn2CC(=O)N[C@@H](CC(C)C)c1nnc2ccccn12. The topological polar surface area (TPSA) is 93.3 Å². The van der Waals surface area contributed by atoms with E-state index >= 15 is 0 Å². The average molecular weight is 419 g/mol. The molecule has 0 spiro atoms. The highest BCUT2D eigenvalue weighted by Gasteiger charge is 2.22. The maximum absolute atomic E-state index is 13.0. The molecule has 2 amide bonds. The molecule has 0 fully saturated rings. The van der Waals surface area contributed by atoms with Crippen molar-refractivity contribution in [3.8, 4) is 0 Å². The summed E-state index contributed by atoms with van der Waals surface area (Å²) in [5, 5.41) is 15.4. The van der Waals surface area contributed by atoms with Gasteiger partial charge in [-0.15, -0.1) is 10.2 Å². The number of rotatable bonds is 7. The van der Waals surface area contributed by atoms with Crippen LogP contribution in [0.5, 0.6) is 0 Å². The van der Waals surface area contributed by atoms with Gasteiger partial charge in [0.25, 0.3) is 0 Å². The van der Waals surface area contributed by atoms with Crippen LogP contribution >= 0.6 is 0 Å². The van der Waals surface area contributed by atoms with Crippen molar-refractivity contribution < 1.29 is 9.59 Å². The number of anilines is 1. The Balaban J connectivity index is 1.57. The van der Waals surface area contributed by atoms with Crippen LogP contribution in [0.2, 0.25) is 0 Å². The number of hydrogen-bond acceptors (Lipinski definition) is 4. The highest BCUT2D eigenvalue weighted by Crippen LogP contribution is 2.25. The third-order valence-corrected chi connectivity index (χ3v) is 5.13. The van der Waals surface area contributed by atoms with E-state index in [0.717, 1.165) is 34.5 Å². The van der Waals surface area contributed by atoms with Crippen molar-refractivity contribution in [2.75, 3.05) is 5.32 Å². The van der Waals surface area contributed by atoms with Gasteiger partial charge in [-0.2, -0.15) is 0 Å². The van der Waals surface area contributed by atoms with Gasteiger partial charge in [-0.3, -0.25) is 14.0 Å². The van der Waals surface area contributed by atoms with E-state index in [1.165, 1.54) is 6.92 Å². The monoisotopic (exact) mass is 418 g/mol. The molecule has 8 heteroatoms. The molecular weight excluding hydrogens is 392 g/mol. The standard InChI is InChI=1S/C23H26N6O2/c1-15(2)13-19(23-27-26-21-9-4-5-11-29(21)23)25-22(31)14-28-12-10-17-18(24-16(3)30)7-6-8-20(17)28/h4-12,15,19H,13-14H2,1-3H3,(H,24,30)(H,25,31)/t19-/m0/s1. The van der Waals surface area contributed by atoms with E-state index < -0.39 is 0 Å². The molecule has 0 aliphatic heterocycles. The number of fused-ring (bicyclic) bond motifs is 2. The highest BCUT2D eigenvalue weighted by molar-refractivity contribution is 6.01. The lowest BCUT2D eigenvalue weighted by atomic mass is 10.0. The Hall–Kier alpha value is -3.68. The fourth-order valence-corrected chi connectivity index (χ4v) is 3.85. The molecule has 0 bridgehead atoms. The zero-order valence-electron chi connectivity index (χ0n) is 17.9. The van der Waals surface area contributed by atoms with Crippen molar-refractivity contribution in [2.24, 2.45) is 5.92 Å². The van der Waals surface area contributed by atoms with Gasteiger partial charge in [-0.05, 0) is 42.7 Å². The summed E-state index contributed by atoms with van der Waals surface area (Å²) in [4.78, 5) is 24.4. The van der Waals surface area contributed by atoms with E-state index in [9.17, 15) is 9.59 Å². The van der Waals surface area contributed by atoms with Crippen LogP contribution in [-0.2, 0) is 16.1 Å². The first-order valence-electron chi connectivity index (χ1n) is 10.4. The van der Waals surface area contributed by atoms with Crippen molar-refractivity contribution in [1.29, 1.82) is 0 Å². The van der Waals surface area contributed by atoms with Crippen molar-refractivity contribution in [1.82, 2.24) is 24.5 Å². The summed E-state index contributed by atoms with van der Waals surface area (Å²) in [6.07, 6.45) is 4.52. The first-order chi connectivity index (χ1) is 14.9. The van der Waals surface area contributed by atoms with Crippen molar-refractivity contribution in [2.45, 2.75) is 39.8 Å². The van der Waals surface area contributed by atoms with E-state index in [2.05, 4.69) is 34.7 Å². The van der Waals surface area contributed by atoms with Crippen LogP contribution in [0.4, 0.5) is 5.69 Å². The number of carbonyl (C=O) groups is 2. The van der Waals surface area contributed by atoms with E-state index in [4.69, 9.17) is 0 Å². The number of pyridine rings is 1. The molecule has 2 N–H and O–H groups in total. The molecule has 8 nitrogen and oxygen atoms in total. The van der Waals surface area contributed by atoms with Crippen LogP contribution in [0.15, 0.2) is 54.9 Å². The van der Waals surface area contributed by atoms with Crippen LogP contribution in [0.25, 0.3) is 16.6 Å². The number of amides is 2. The fourth-order valence-electron chi connectivity index (χ4n) is 3.85. The number of nitrogens with zero attached hydrogens (tertiary/aromatic N) is 4. The fraction of sp³-hybridized carbons (Fsp3) is 0.304. The number of hydrogen-bond donors (Lipinski definition) is 2. The zero-order valence-corrected chi connectivity index (χ0v) is 17.9. The minimum atomic E-state index is -0.248. The second-order valence-electron chi connectivity index (χ2n) is 8.10. The third-order valence-electron chi connectivity index (χ3n) is 5.13. The van der Waals surface area contributed by atoms with Crippen LogP contribution in [0.1, 0.15) is 39.1 Å².